The highest BCUT2D eigenvalue weighted by molar-refractivity contribution is 6.30. The van der Waals surface area contributed by atoms with E-state index in [9.17, 15) is 9.59 Å². The number of para-hydroxylation sites is 1. The van der Waals surface area contributed by atoms with Crippen LogP contribution in [0.15, 0.2) is 59.7 Å². The van der Waals surface area contributed by atoms with Gasteiger partial charge in [0.05, 0.1) is 18.5 Å². The molecule has 2 amide bonds. The summed E-state index contributed by atoms with van der Waals surface area (Å²) in [6.07, 6.45) is 0.289. The summed E-state index contributed by atoms with van der Waals surface area (Å²) >= 11 is 5.81. The lowest BCUT2D eigenvalue weighted by molar-refractivity contribution is -0.119. The summed E-state index contributed by atoms with van der Waals surface area (Å²) in [5.41, 5.74) is 1.52. The molecule has 3 rings (SSSR count). The fourth-order valence-corrected chi connectivity index (χ4v) is 2.39. The molecule has 0 radical (unpaired) electrons. The Bertz CT molecular complexity index is 757. The molecule has 0 unspecified atom stereocenters. The molecule has 2 aromatic carbocycles. The molecule has 0 atom stereocenters. The van der Waals surface area contributed by atoms with Crippen molar-refractivity contribution in [1.29, 1.82) is 0 Å². The number of carbonyl (C=O) groups excluding carboxylic acids is 2. The molecule has 0 spiro atoms. The Balaban J connectivity index is 1.65. The first-order valence-corrected chi connectivity index (χ1v) is 7.49. The van der Waals surface area contributed by atoms with E-state index < -0.39 is 0 Å². The Hall–Kier alpha value is -2.66. The van der Waals surface area contributed by atoms with E-state index in [2.05, 4.69) is 10.4 Å². The third-order valence-electron chi connectivity index (χ3n) is 3.34. The van der Waals surface area contributed by atoms with E-state index in [0.717, 1.165) is 5.56 Å². The first-order chi connectivity index (χ1) is 11.1. The van der Waals surface area contributed by atoms with Crippen molar-refractivity contribution in [2.75, 3.05) is 5.01 Å². The lowest BCUT2D eigenvalue weighted by Gasteiger charge is -2.10. The molecule has 0 aromatic heterocycles. The Morgan fingerprint density at radius 2 is 1.83 bits per heavy atom. The smallest absolute Gasteiger partial charge is 0.255 e. The van der Waals surface area contributed by atoms with Gasteiger partial charge < -0.3 is 5.32 Å². The molecule has 0 fully saturated rings. The summed E-state index contributed by atoms with van der Waals surface area (Å²) in [6, 6.07) is 16.2. The predicted octanol–water partition coefficient (Wildman–Crippen LogP) is 2.75. The van der Waals surface area contributed by atoms with Crippen LogP contribution in [-0.2, 0) is 16.0 Å². The van der Waals surface area contributed by atoms with Crippen molar-refractivity contribution in [3.05, 3.63) is 65.2 Å². The zero-order chi connectivity index (χ0) is 16.2. The van der Waals surface area contributed by atoms with Gasteiger partial charge in [-0.2, -0.15) is 10.1 Å². The van der Waals surface area contributed by atoms with Crippen LogP contribution in [0.25, 0.3) is 0 Å². The number of halogens is 1. The zero-order valence-electron chi connectivity index (χ0n) is 12.2. The molecule has 0 bridgehead atoms. The van der Waals surface area contributed by atoms with Crippen LogP contribution in [-0.4, -0.2) is 17.6 Å². The maximum absolute atomic E-state index is 12.0. The van der Waals surface area contributed by atoms with Gasteiger partial charge in [0.2, 0.25) is 5.91 Å². The van der Waals surface area contributed by atoms with Crippen LogP contribution in [0.5, 0.6) is 0 Å². The van der Waals surface area contributed by atoms with Crippen molar-refractivity contribution in [3.8, 4) is 0 Å². The van der Waals surface area contributed by atoms with E-state index in [-0.39, 0.29) is 24.7 Å². The molecule has 1 aliphatic heterocycles. The number of amides is 2. The highest BCUT2D eigenvalue weighted by Gasteiger charge is 2.26. The second-order valence-electron chi connectivity index (χ2n) is 5.12. The molecule has 0 saturated carbocycles. The number of hydrazone groups is 1. The molecule has 116 valence electrons. The molecule has 23 heavy (non-hydrogen) atoms. The number of nitrogens with zero attached hydrogens (tertiary/aromatic N) is 2. The molecule has 2 aromatic rings. The normalized spacial score (nSPS) is 13.9. The van der Waals surface area contributed by atoms with Crippen LogP contribution in [0.2, 0.25) is 5.02 Å². The average molecular weight is 328 g/mol. The molecule has 1 aliphatic rings. The minimum Gasteiger partial charge on any atom is -0.312 e. The number of anilines is 1. The van der Waals surface area contributed by atoms with E-state index in [1.54, 1.807) is 36.4 Å². The van der Waals surface area contributed by atoms with Gasteiger partial charge >= 0.3 is 0 Å². The molecule has 6 heteroatoms. The summed E-state index contributed by atoms with van der Waals surface area (Å²) in [5, 5.41) is 8.80. The fraction of sp³-hybridized carbons (Fsp3) is 0.118. The summed E-state index contributed by atoms with van der Waals surface area (Å²) in [4.78, 5) is 24.1. The molecule has 1 N–H and O–H groups in total. The maximum Gasteiger partial charge on any atom is 0.255 e. The molecule has 0 aliphatic carbocycles. The van der Waals surface area contributed by atoms with Crippen molar-refractivity contribution in [3.63, 3.8) is 0 Å². The number of benzene rings is 2. The van der Waals surface area contributed by atoms with Crippen molar-refractivity contribution in [1.82, 2.24) is 5.32 Å². The van der Waals surface area contributed by atoms with Crippen molar-refractivity contribution < 1.29 is 9.59 Å². The van der Waals surface area contributed by atoms with Gasteiger partial charge in [0.15, 0.2) is 0 Å². The first kappa shape index (κ1) is 15.2. The SMILES string of the molecule is O=C(Cc1ccc(Cl)cc1)NC1=NN(c2ccccc2)C(=O)C1. The summed E-state index contributed by atoms with van der Waals surface area (Å²) in [5.74, 6) is -0.0235. The van der Waals surface area contributed by atoms with Crippen molar-refractivity contribution in [2.24, 2.45) is 5.10 Å². The molecular formula is C17H14ClN3O2. The zero-order valence-corrected chi connectivity index (χ0v) is 13.0. The van der Waals surface area contributed by atoms with Crippen LogP contribution in [0.1, 0.15) is 12.0 Å². The maximum atomic E-state index is 12.0. The number of nitrogens with one attached hydrogen (secondary N) is 1. The van der Waals surface area contributed by atoms with Gasteiger partial charge in [-0.25, -0.2) is 0 Å². The first-order valence-electron chi connectivity index (χ1n) is 7.11. The predicted molar refractivity (Wildman–Crippen MR) is 89.3 cm³/mol. The summed E-state index contributed by atoms with van der Waals surface area (Å²) in [7, 11) is 0. The van der Waals surface area contributed by atoms with E-state index >= 15 is 0 Å². The minimum atomic E-state index is -0.214. The average Bonchev–Trinajstić information content (AvgIpc) is 2.91. The highest BCUT2D eigenvalue weighted by atomic mass is 35.5. The van der Waals surface area contributed by atoms with Gasteiger partial charge in [-0.1, -0.05) is 41.9 Å². The van der Waals surface area contributed by atoms with E-state index in [4.69, 9.17) is 11.6 Å². The van der Waals surface area contributed by atoms with E-state index in [1.807, 2.05) is 18.2 Å². The lowest BCUT2D eigenvalue weighted by Crippen LogP contribution is -2.31. The monoisotopic (exact) mass is 327 g/mol. The van der Waals surface area contributed by atoms with Crippen LogP contribution in [0.4, 0.5) is 5.69 Å². The molecule has 0 saturated heterocycles. The number of amidine groups is 1. The molecule has 1 heterocycles. The van der Waals surface area contributed by atoms with Crippen LogP contribution in [0.3, 0.4) is 0 Å². The van der Waals surface area contributed by atoms with Crippen molar-refractivity contribution >= 4 is 34.9 Å². The van der Waals surface area contributed by atoms with Crippen LogP contribution < -0.4 is 10.3 Å². The standard InChI is InChI=1S/C17H14ClN3O2/c18-13-8-6-12(7-9-13)10-16(22)19-15-11-17(23)21(20-15)14-4-2-1-3-5-14/h1-9H,10-11H2,(H,19,20,22). The Morgan fingerprint density at radius 1 is 1.13 bits per heavy atom. The van der Waals surface area contributed by atoms with E-state index in [0.29, 0.717) is 16.5 Å². The number of rotatable bonds is 3. The van der Waals surface area contributed by atoms with Crippen LogP contribution in [0, 0.1) is 0 Å². The third kappa shape index (κ3) is 3.76. The summed E-state index contributed by atoms with van der Waals surface area (Å²) in [6.45, 7) is 0. The fourth-order valence-electron chi connectivity index (χ4n) is 2.26. The molecular weight excluding hydrogens is 314 g/mol. The lowest BCUT2D eigenvalue weighted by atomic mass is 10.1. The van der Waals surface area contributed by atoms with Gasteiger partial charge in [0.1, 0.15) is 5.84 Å². The van der Waals surface area contributed by atoms with Crippen LogP contribution >= 0.6 is 11.6 Å². The third-order valence-corrected chi connectivity index (χ3v) is 3.59. The van der Waals surface area contributed by atoms with E-state index in [1.165, 1.54) is 5.01 Å². The van der Waals surface area contributed by atoms with Gasteiger partial charge in [-0.3, -0.25) is 9.59 Å². The summed E-state index contributed by atoms with van der Waals surface area (Å²) < 4.78 is 0. The van der Waals surface area contributed by atoms with Gasteiger partial charge in [-0.05, 0) is 29.8 Å². The highest BCUT2D eigenvalue weighted by Crippen LogP contribution is 2.19. The van der Waals surface area contributed by atoms with Gasteiger partial charge in [0, 0.05) is 5.02 Å². The number of hydrogen-bond acceptors (Lipinski definition) is 3. The Labute approximate surface area is 138 Å². The Morgan fingerprint density at radius 3 is 2.52 bits per heavy atom. The second kappa shape index (κ2) is 6.62. The number of hydrogen-bond donors (Lipinski definition) is 1. The molecule has 5 nitrogen and oxygen atoms in total. The van der Waals surface area contributed by atoms with Crippen molar-refractivity contribution in [2.45, 2.75) is 12.8 Å². The topological polar surface area (TPSA) is 61.8 Å². The quantitative estimate of drug-likeness (QED) is 0.942. The van der Waals surface area contributed by atoms with Gasteiger partial charge in [-0.15, -0.1) is 0 Å². The minimum absolute atomic E-state index is 0.0846. The van der Waals surface area contributed by atoms with Gasteiger partial charge in [0.25, 0.3) is 5.91 Å². The Kier molecular flexibility index (Phi) is 4.39. The number of carbonyl (C=O) groups is 2. The second-order valence-corrected chi connectivity index (χ2v) is 5.55. The largest absolute Gasteiger partial charge is 0.312 e.